The number of nitrogens with zero attached hydrogens (tertiary/aromatic N) is 1. The first kappa shape index (κ1) is 15.3. The van der Waals surface area contributed by atoms with Crippen LogP contribution in [0, 0.1) is 0 Å². The van der Waals surface area contributed by atoms with Gasteiger partial charge in [0, 0.05) is 12.1 Å². The minimum Gasteiger partial charge on any atom is -0.465 e. The van der Waals surface area contributed by atoms with Crippen LogP contribution in [-0.4, -0.2) is 35.2 Å². The maximum absolute atomic E-state index is 11.7. The lowest BCUT2D eigenvalue weighted by atomic mass is 9.98. The van der Waals surface area contributed by atoms with Gasteiger partial charge in [0.05, 0.1) is 12.8 Å². The Bertz CT molecular complexity index is 491. The van der Waals surface area contributed by atoms with Gasteiger partial charge in [-0.2, -0.15) is 0 Å². The van der Waals surface area contributed by atoms with Crippen LogP contribution in [0.5, 0.6) is 0 Å². The average Bonchev–Trinajstić information content (AvgIpc) is 2.85. The van der Waals surface area contributed by atoms with Crippen LogP contribution >= 0.6 is 23.6 Å². The Morgan fingerprint density at radius 3 is 2.70 bits per heavy atom. The zero-order chi connectivity index (χ0) is 14.7. The molecule has 0 radical (unpaired) electrons. The molecule has 2 rings (SSSR count). The summed E-state index contributed by atoms with van der Waals surface area (Å²) < 4.78 is 4.78. The second-order valence-corrected chi connectivity index (χ2v) is 6.42. The second-order valence-electron chi connectivity index (χ2n) is 5.12. The fourth-order valence-electron chi connectivity index (χ4n) is 2.66. The molecule has 2 heterocycles. The number of thiocarbonyl (C=S) groups is 1. The molecule has 1 aliphatic heterocycles. The van der Waals surface area contributed by atoms with Crippen LogP contribution in [-0.2, 0) is 4.74 Å². The summed E-state index contributed by atoms with van der Waals surface area (Å²) in [5.74, 6) is -0.329. The molecule has 0 amide bonds. The highest BCUT2D eigenvalue weighted by atomic mass is 32.1. The molecule has 0 bridgehead atoms. The first-order valence-corrected chi connectivity index (χ1v) is 8.08. The molecule has 110 valence electrons. The number of nitrogens with one attached hydrogen (secondary N) is 1. The number of anilines is 1. The Morgan fingerprint density at radius 1 is 1.45 bits per heavy atom. The van der Waals surface area contributed by atoms with Gasteiger partial charge in [0.1, 0.15) is 4.88 Å². The standard InChI is InChI=1S/C14H20N2O2S2/c1-9-5-4-6-10(2)16(9)14(19)15-11-7-8-20-12(11)13(17)18-3/h7-10H,4-6H2,1-3H3,(H,15,19)/t9-,10-/m0/s1. The van der Waals surface area contributed by atoms with Crippen molar-refractivity contribution in [3.05, 3.63) is 16.3 Å². The maximum Gasteiger partial charge on any atom is 0.350 e. The lowest BCUT2D eigenvalue weighted by Gasteiger charge is -2.40. The average molecular weight is 312 g/mol. The number of hydrogen-bond acceptors (Lipinski definition) is 4. The molecular weight excluding hydrogens is 292 g/mol. The lowest BCUT2D eigenvalue weighted by Crippen LogP contribution is -2.49. The summed E-state index contributed by atoms with van der Waals surface area (Å²) in [7, 11) is 1.39. The van der Waals surface area contributed by atoms with Crippen LogP contribution in [0.2, 0.25) is 0 Å². The molecule has 0 aliphatic carbocycles. The zero-order valence-electron chi connectivity index (χ0n) is 12.0. The van der Waals surface area contributed by atoms with Crippen molar-refractivity contribution in [2.24, 2.45) is 0 Å². The van der Waals surface area contributed by atoms with Crippen molar-refractivity contribution in [2.45, 2.75) is 45.2 Å². The highest BCUT2D eigenvalue weighted by Gasteiger charge is 2.27. The minimum atomic E-state index is -0.329. The van der Waals surface area contributed by atoms with Gasteiger partial charge in [-0.25, -0.2) is 4.79 Å². The van der Waals surface area contributed by atoms with Crippen LogP contribution in [0.25, 0.3) is 0 Å². The van der Waals surface area contributed by atoms with E-state index in [9.17, 15) is 4.79 Å². The number of thiophene rings is 1. The third kappa shape index (κ3) is 3.12. The number of rotatable bonds is 2. The van der Waals surface area contributed by atoms with E-state index in [0.717, 1.165) is 18.5 Å². The summed E-state index contributed by atoms with van der Waals surface area (Å²) in [4.78, 5) is 14.5. The van der Waals surface area contributed by atoms with Crippen molar-refractivity contribution in [3.8, 4) is 0 Å². The van der Waals surface area contributed by atoms with E-state index in [1.807, 2.05) is 11.4 Å². The summed E-state index contributed by atoms with van der Waals surface area (Å²) in [6.45, 7) is 4.39. The number of ether oxygens (including phenoxy) is 1. The van der Waals surface area contributed by atoms with Crippen LogP contribution in [0.15, 0.2) is 11.4 Å². The number of piperidine rings is 1. The summed E-state index contributed by atoms with van der Waals surface area (Å²) in [6.07, 6.45) is 3.55. The molecule has 0 saturated carbocycles. The van der Waals surface area contributed by atoms with E-state index in [2.05, 4.69) is 24.1 Å². The molecule has 1 aliphatic rings. The van der Waals surface area contributed by atoms with Crippen LogP contribution in [0.4, 0.5) is 5.69 Å². The molecule has 4 nitrogen and oxygen atoms in total. The molecule has 1 aromatic heterocycles. The van der Waals surface area contributed by atoms with Gasteiger partial charge in [0.25, 0.3) is 0 Å². The van der Waals surface area contributed by atoms with Crippen LogP contribution in [0.3, 0.4) is 0 Å². The van der Waals surface area contributed by atoms with E-state index < -0.39 is 0 Å². The Hall–Kier alpha value is -1.14. The molecule has 0 aromatic carbocycles. The third-order valence-corrected chi connectivity index (χ3v) is 4.91. The van der Waals surface area contributed by atoms with Crippen molar-refractivity contribution < 1.29 is 9.53 Å². The molecule has 0 spiro atoms. The van der Waals surface area contributed by atoms with Gasteiger partial charge in [-0.3, -0.25) is 0 Å². The third-order valence-electron chi connectivity index (χ3n) is 3.71. The number of carbonyl (C=O) groups excluding carboxylic acids is 1. The summed E-state index contributed by atoms with van der Waals surface area (Å²) in [5.41, 5.74) is 0.733. The molecule has 1 saturated heterocycles. The van der Waals surface area contributed by atoms with Gasteiger partial charge in [0.15, 0.2) is 5.11 Å². The Kier molecular flexibility index (Phi) is 4.99. The van der Waals surface area contributed by atoms with Crippen molar-refractivity contribution in [1.29, 1.82) is 0 Å². The largest absolute Gasteiger partial charge is 0.465 e. The van der Waals surface area contributed by atoms with Crippen molar-refractivity contribution in [1.82, 2.24) is 4.90 Å². The van der Waals surface area contributed by atoms with Crippen LogP contribution in [0.1, 0.15) is 42.8 Å². The van der Waals surface area contributed by atoms with E-state index >= 15 is 0 Å². The number of carbonyl (C=O) groups is 1. The van der Waals surface area contributed by atoms with Gasteiger partial charge in [-0.1, -0.05) is 0 Å². The summed E-state index contributed by atoms with van der Waals surface area (Å²) >= 11 is 6.88. The lowest BCUT2D eigenvalue weighted by molar-refractivity contribution is 0.0607. The Balaban J connectivity index is 2.11. The van der Waals surface area contributed by atoms with Crippen molar-refractivity contribution in [2.75, 3.05) is 12.4 Å². The first-order chi connectivity index (χ1) is 9.54. The Labute approximate surface area is 129 Å². The number of esters is 1. The van der Waals surface area contributed by atoms with Crippen LogP contribution < -0.4 is 5.32 Å². The zero-order valence-corrected chi connectivity index (χ0v) is 13.6. The van der Waals surface area contributed by atoms with Gasteiger partial charge in [-0.05, 0) is 56.8 Å². The van der Waals surface area contributed by atoms with Gasteiger partial charge < -0.3 is 15.0 Å². The van der Waals surface area contributed by atoms with E-state index in [4.69, 9.17) is 17.0 Å². The SMILES string of the molecule is COC(=O)c1sccc1NC(=S)N1[C@@H](C)CCC[C@@H]1C. The molecular formula is C14H20N2O2S2. The van der Waals surface area contributed by atoms with E-state index in [1.165, 1.54) is 24.9 Å². The molecule has 1 N–H and O–H groups in total. The topological polar surface area (TPSA) is 41.6 Å². The highest BCUT2D eigenvalue weighted by molar-refractivity contribution is 7.80. The van der Waals surface area contributed by atoms with E-state index in [-0.39, 0.29) is 5.97 Å². The number of hydrogen-bond donors (Lipinski definition) is 1. The second kappa shape index (κ2) is 6.54. The quantitative estimate of drug-likeness (QED) is 0.669. The predicted octanol–water partition coefficient (Wildman–Crippen LogP) is 3.49. The maximum atomic E-state index is 11.7. The fraction of sp³-hybridized carbons (Fsp3) is 0.571. The fourth-order valence-corrected chi connectivity index (χ4v) is 3.90. The predicted molar refractivity (Wildman–Crippen MR) is 86.5 cm³/mol. The van der Waals surface area contributed by atoms with Crippen molar-refractivity contribution >= 4 is 40.3 Å². The van der Waals surface area contributed by atoms with Crippen molar-refractivity contribution in [3.63, 3.8) is 0 Å². The molecule has 1 aromatic rings. The normalized spacial score (nSPS) is 22.4. The van der Waals surface area contributed by atoms with E-state index in [0.29, 0.717) is 22.1 Å². The van der Waals surface area contributed by atoms with Gasteiger partial charge in [-0.15, -0.1) is 11.3 Å². The number of methoxy groups -OCH3 is 1. The first-order valence-electron chi connectivity index (χ1n) is 6.79. The highest BCUT2D eigenvalue weighted by Crippen LogP contribution is 2.27. The molecule has 6 heteroatoms. The molecule has 0 unspecified atom stereocenters. The summed E-state index contributed by atoms with van der Waals surface area (Å²) in [5, 5.41) is 5.75. The molecule has 20 heavy (non-hydrogen) atoms. The van der Waals surface area contributed by atoms with E-state index in [1.54, 1.807) is 0 Å². The molecule has 2 atom stereocenters. The minimum absolute atomic E-state index is 0.329. The van der Waals surface area contributed by atoms with Gasteiger partial charge >= 0.3 is 5.97 Å². The smallest absolute Gasteiger partial charge is 0.350 e. The number of likely N-dealkylation sites (tertiary alicyclic amines) is 1. The summed E-state index contributed by atoms with van der Waals surface area (Å²) in [6, 6.07) is 2.72. The monoisotopic (exact) mass is 312 g/mol. The Morgan fingerprint density at radius 2 is 2.10 bits per heavy atom. The van der Waals surface area contributed by atoms with Gasteiger partial charge in [0.2, 0.25) is 0 Å². The molecule has 1 fully saturated rings.